The summed E-state index contributed by atoms with van der Waals surface area (Å²) in [5.74, 6) is 0. The Morgan fingerprint density at radius 2 is 1.00 bits per heavy atom. The molecule has 0 N–H and O–H groups in total. The Balaban J connectivity index is -0.00000306. The van der Waals surface area contributed by atoms with Crippen LogP contribution >= 0.6 is 0 Å². The molecular weight excluding hydrogens is 579 g/mol. The van der Waals surface area contributed by atoms with E-state index in [1.807, 2.05) is 0 Å². The summed E-state index contributed by atoms with van der Waals surface area (Å²) in [7, 11) is -0.410. The van der Waals surface area contributed by atoms with Crippen LogP contribution in [-0.2, 0) is 21.7 Å². The van der Waals surface area contributed by atoms with Crippen molar-refractivity contribution in [3.8, 4) is 0 Å². The molecule has 0 spiro atoms. The van der Waals surface area contributed by atoms with Gasteiger partial charge in [-0.2, -0.15) is 11.1 Å². The zero-order chi connectivity index (χ0) is 24.5. The van der Waals surface area contributed by atoms with Crippen LogP contribution in [0.3, 0.4) is 0 Å². The molecule has 5 heteroatoms. The van der Waals surface area contributed by atoms with Crippen LogP contribution in [0.25, 0.3) is 0 Å². The first-order valence-corrected chi connectivity index (χ1v) is 16.3. The van der Waals surface area contributed by atoms with Crippen LogP contribution in [0, 0.1) is 6.08 Å². The Morgan fingerprint density at radius 3 is 1.37 bits per heavy atom. The van der Waals surface area contributed by atoms with Gasteiger partial charge >= 0.3 is 21.7 Å². The monoisotopic (exact) mass is 632 g/mol. The van der Waals surface area contributed by atoms with Gasteiger partial charge in [0.2, 0.25) is 0 Å². The van der Waals surface area contributed by atoms with E-state index in [0.717, 1.165) is 0 Å². The Kier molecular flexibility index (Phi) is 29.9. The molecule has 0 saturated heterocycles. The van der Waals surface area contributed by atoms with Crippen molar-refractivity contribution in [1.82, 2.24) is 0 Å². The molecule has 0 fully saturated rings. The summed E-state index contributed by atoms with van der Waals surface area (Å²) >= 11 is 0. The van der Waals surface area contributed by atoms with Crippen LogP contribution in [0.2, 0.25) is 5.04 Å². The van der Waals surface area contributed by atoms with Gasteiger partial charge in [0.15, 0.2) is 0 Å². The SMILES string of the molecule is CCCCCCCCCCCCCCCCCCCC1([SiH2]c2ccccc2)[C-]=C(C)C(C)=C1C.[Cl-].[Cl-].[Cl-].[Ti+4]. The van der Waals surface area contributed by atoms with Crippen LogP contribution in [-0.4, -0.2) is 9.52 Å². The van der Waals surface area contributed by atoms with Gasteiger partial charge in [-0.05, 0) is 0 Å². The van der Waals surface area contributed by atoms with Crippen molar-refractivity contribution in [3.63, 3.8) is 0 Å². The van der Waals surface area contributed by atoms with E-state index < -0.39 is 9.52 Å². The smallest absolute Gasteiger partial charge is 1.00 e. The van der Waals surface area contributed by atoms with Gasteiger partial charge in [0.1, 0.15) is 0 Å². The van der Waals surface area contributed by atoms with Crippen molar-refractivity contribution in [2.45, 2.75) is 148 Å². The van der Waals surface area contributed by atoms with E-state index in [1.54, 1.807) is 10.8 Å². The fourth-order valence-corrected chi connectivity index (χ4v) is 8.31. The minimum atomic E-state index is -0.410. The van der Waals surface area contributed by atoms with Crippen LogP contribution in [0.1, 0.15) is 143 Å². The van der Waals surface area contributed by atoms with Crippen molar-refractivity contribution in [1.29, 1.82) is 0 Å². The molecule has 0 bridgehead atoms. The average Bonchev–Trinajstić information content (AvgIpc) is 3.05. The second-order valence-corrected chi connectivity index (χ2v) is 13.5. The molecule has 0 nitrogen and oxygen atoms in total. The number of unbranched alkanes of at least 4 members (excludes halogenated alkanes) is 16. The molecule has 1 aliphatic carbocycles. The predicted octanol–water partition coefficient (Wildman–Crippen LogP) is 0.790. The molecule has 38 heavy (non-hydrogen) atoms. The fourth-order valence-electron chi connectivity index (χ4n) is 5.80. The van der Waals surface area contributed by atoms with Gasteiger partial charge in [0.25, 0.3) is 0 Å². The van der Waals surface area contributed by atoms with Crippen molar-refractivity contribution >= 4 is 14.7 Å². The quantitative estimate of drug-likeness (QED) is 0.113. The fraction of sp³-hybridized carbons (Fsp3) is 0.697. The number of hydrogen-bond donors (Lipinski definition) is 0. The zero-order valence-corrected chi connectivity index (χ0v) is 30.2. The van der Waals surface area contributed by atoms with E-state index in [9.17, 15) is 0 Å². The maximum atomic E-state index is 3.97. The third-order valence-electron chi connectivity index (χ3n) is 8.33. The molecule has 0 aliphatic heterocycles. The topological polar surface area (TPSA) is 0 Å². The molecule has 0 heterocycles. The molecule has 0 radical (unpaired) electrons. The number of halogens is 3. The van der Waals surface area contributed by atoms with Gasteiger partial charge < -0.3 is 37.2 Å². The Hall–Kier alpha value is 0.501. The standard InChI is InChI=1S/C33H55Si.3ClH.Ti/c1-5-6-7-8-9-10-11-12-13-14-15-16-17-18-19-20-24-27-33(28-29(2)30(3)31(33)4)34-32-25-22-21-23-26-32;;;;/h21-23,25-26H,5-20,24,27,34H2,1-4H3;3*1H;/q-1;;;;+4/p-3. The van der Waals surface area contributed by atoms with E-state index in [1.165, 1.54) is 127 Å². The molecule has 0 aromatic heterocycles. The summed E-state index contributed by atoms with van der Waals surface area (Å²) in [6.45, 7) is 9.28. The van der Waals surface area contributed by atoms with Crippen LogP contribution in [0.4, 0.5) is 0 Å². The number of allylic oxidation sites excluding steroid dienone is 4. The largest absolute Gasteiger partial charge is 4.00 e. The second-order valence-electron chi connectivity index (χ2n) is 11.2. The first-order valence-electron chi connectivity index (χ1n) is 14.9. The third kappa shape index (κ3) is 16.7. The summed E-state index contributed by atoms with van der Waals surface area (Å²) in [5, 5.41) is 1.86. The molecule has 216 valence electrons. The molecule has 1 unspecified atom stereocenters. The molecular formula is C33H55Cl3SiTi. The maximum Gasteiger partial charge on any atom is 4.00 e. The van der Waals surface area contributed by atoms with E-state index in [2.05, 4.69) is 64.1 Å². The maximum absolute atomic E-state index is 3.97. The summed E-state index contributed by atoms with van der Waals surface area (Å²) in [6.07, 6.45) is 29.8. The molecule has 0 saturated carbocycles. The average molecular weight is 634 g/mol. The van der Waals surface area contributed by atoms with Gasteiger partial charge in [0.05, 0.1) is 0 Å². The Bertz CT molecular complexity index is 735. The van der Waals surface area contributed by atoms with Crippen molar-refractivity contribution in [2.24, 2.45) is 0 Å². The van der Waals surface area contributed by atoms with Crippen LogP contribution < -0.4 is 42.4 Å². The minimum absolute atomic E-state index is 0. The van der Waals surface area contributed by atoms with Crippen LogP contribution in [0.15, 0.2) is 47.1 Å². The zero-order valence-electron chi connectivity index (χ0n) is 25.0. The molecule has 1 aliphatic rings. The first-order chi connectivity index (χ1) is 16.6. The van der Waals surface area contributed by atoms with Gasteiger partial charge in [-0.3, -0.25) is 6.08 Å². The molecule has 1 atom stereocenters. The molecule has 2 rings (SSSR count). The van der Waals surface area contributed by atoms with Crippen molar-refractivity contribution in [2.75, 3.05) is 0 Å². The van der Waals surface area contributed by atoms with E-state index in [0.29, 0.717) is 0 Å². The third-order valence-corrected chi connectivity index (χ3v) is 10.9. The minimum Gasteiger partial charge on any atom is -1.00 e. The summed E-state index contributed by atoms with van der Waals surface area (Å²) < 4.78 is 0. The van der Waals surface area contributed by atoms with Gasteiger partial charge in [-0.25, -0.2) is 5.57 Å². The number of rotatable bonds is 20. The predicted molar refractivity (Wildman–Crippen MR) is 157 cm³/mol. The van der Waals surface area contributed by atoms with Gasteiger partial charge in [-0.15, -0.1) is 6.92 Å². The molecule has 1 aromatic rings. The summed E-state index contributed by atoms with van der Waals surface area (Å²) in [6, 6.07) is 11.3. The van der Waals surface area contributed by atoms with Gasteiger partial charge in [-0.1, -0.05) is 177 Å². The van der Waals surface area contributed by atoms with Crippen molar-refractivity contribution in [3.05, 3.63) is 53.1 Å². The first kappa shape index (κ1) is 43.0. The van der Waals surface area contributed by atoms with Gasteiger partial charge in [0, 0.05) is 9.52 Å². The Labute approximate surface area is 273 Å². The van der Waals surface area contributed by atoms with Crippen molar-refractivity contribution < 1.29 is 58.9 Å². The number of benzene rings is 1. The van der Waals surface area contributed by atoms with Crippen LogP contribution in [0.5, 0.6) is 0 Å². The Morgan fingerprint density at radius 1 is 0.605 bits per heavy atom. The normalized spacial score (nSPS) is 16.5. The van der Waals surface area contributed by atoms with E-state index in [4.69, 9.17) is 0 Å². The molecule has 1 aromatic carbocycles. The molecule has 0 amide bonds. The van der Waals surface area contributed by atoms with E-state index in [-0.39, 0.29) is 64.0 Å². The number of hydrogen-bond acceptors (Lipinski definition) is 0. The van der Waals surface area contributed by atoms with E-state index >= 15 is 0 Å². The summed E-state index contributed by atoms with van der Waals surface area (Å²) in [5.41, 5.74) is 4.54. The summed E-state index contributed by atoms with van der Waals surface area (Å²) in [4.78, 5) is 0. The second kappa shape index (κ2) is 26.4.